The van der Waals surface area contributed by atoms with Gasteiger partial charge >= 0.3 is 0 Å². The van der Waals surface area contributed by atoms with Gasteiger partial charge in [-0.1, -0.05) is 48.6 Å². The minimum atomic E-state index is -3.91. The molecule has 0 saturated carbocycles. The number of aromatic nitrogens is 2. The van der Waals surface area contributed by atoms with E-state index in [-0.39, 0.29) is 15.4 Å². The third-order valence-corrected chi connectivity index (χ3v) is 7.15. The average molecular weight is 447 g/mol. The van der Waals surface area contributed by atoms with Gasteiger partial charge < -0.3 is 4.74 Å². The lowest BCUT2D eigenvalue weighted by Crippen LogP contribution is -2.28. The zero-order valence-electron chi connectivity index (χ0n) is 16.7. The van der Waals surface area contributed by atoms with Crippen molar-refractivity contribution in [3.8, 4) is 5.75 Å². The monoisotopic (exact) mass is 446 g/mol. The van der Waals surface area contributed by atoms with Crippen molar-refractivity contribution in [2.45, 2.75) is 30.6 Å². The van der Waals surface area contributed by atoms with Crippen LogP contribution in [0.25, 0.3) is 0 Å². The number of amides is 1. The van der Waals surface area contributed by atoms with E-state index in [4.69, 9.17) is 4.74 Å². The maximum Gasteiger partial charge on any atom is 0.270 e. The van der Waals surface area contributed by atoms with Crippen LogP contribution in [0.4, 0.5) is 5.13 Å². The van der Waals surface area contributed by atoms with Gasteiger partial charge in [-0.05, 0) is 42.7 Å². The highest BCUT2D eigenvalue weighted by atomic mass is 32.2. The van der Waals surface area contributed by atoms with E-state index in [1.165, 1.54) is 0 Å². The predicted octanol–water partition coefficient (Wildman–Crippen LogP) is 3.54. The Hall–Kier alpha value is -2.82. The molecule has 1 unspecified atom stereocenters. The van der Waals surface area contributed by atoms with Gasteiger partial charge in [0.05, 0.1) is 7.11 Å². The van der Waals surface area contributed by atoms with E-state index < -0.39 is 16.1 Å². The van der Waals surface area contributed by atoms with Gasteiger partial charge in [0.25, 0.3) is 15.9 Å². The molecular formula is C20H22N4O4S2. The topological polar surface area (TPSA) is 110 Å². The van der Waals surface area contributed by atoms with Gasteiger partial charge in [0, 0.05) is 11.6 Å². The zero-order valence-corrected chi connectivity index (χ0v) is 18.4. The smallest absolute Gasteiger partial charge is 0.270 e. The number of sulfonamides is 1. The summed E-state index contributed by atoms with van der Waals surface area (Å²) in [5.74, 6) is 0.320. The number of carbonyl (C=O) groups is 1. The second-order valence-corrected chi connectivity index (χ2v) is 9.36. The highest BCUT2D eigenvalue weighted by molar-refractivity contribution is 7.91. The van der Waals surface area contributed by atoms with Gasteiger partial charge in [0.15, 0.2) is 0 Å². The first-order valence-corrected chi connectivity index (χ1v) is 11.5. The fourth-order valence-corrected chi connectivity index (χ4v) is 5.04. The first-order valence-electron chi connectivity index (χ1n) is 9.20. The molecule has 0 aliphatic rings. The van der Waals surface area contributed by atoms with Crippen LogP contribution in [0.1, 0.15) is 40.9 Å². The van der Waals surface area contributed by atoms with Crippen LogP contribution in [0.5, 0.6) is 5.75 Å². The van der Waals surface area contributed by atoms with Gasteiger partial charge in [-0.25, -0.2) is 13.1 Å². The molecule has 0 aliphatic heterocycles. The molecule has 3 rings (SSSR count). The lowest BCUT2D eigenvalue weighted by Gasteiger charge is -2.16. The maximum atomic E-state index is 12.8. The Morgan fingerprint density at radius 2 is 1.83 bits per heavy atom. The third kappa shape index (κ3) is 5.02. The van der Waals surface area contributed by atoms with E-state index in [0.29, 0.717) is 17.7 Å². The Balaban J connectivity index is 1.74. The molecule has 0 radical (unpaired) electrons. The van der Waals surface area contributed by atoms with Crippen molar-refractivity contribution in [3.63, 3.8) is 0 Å². The van der Waals surface area contributed by atoms with E-state index in [1.54, 1.807) is 31.4 Å². The molecule has 8 nitrogen and oxygen atoms in total. The van der Waals surface area contributed by atoms with Gasteiger partial charge in [-0.15, -0.1) is 10.2 Å². The summed E-state index contributed by atoms with van der Waals surface area (Å²) < 4.78 is 33.1. The number of anilines is 1. The molecule has 0 fully saturated rings. The number of methoxy groups -OCH3 is 1. The summed E-state index contributed by atoms with van der Waals surface area (Å²) in [7, 11) is -2.34. The summed E-state index contributed by atoms with van der Waals surface area (Å²) in [6.07, 6.45) is 0.543. The quantitative estimate of drug-likeness (QED) is 0.512. The lowest BCUT2D eigenvalue weighted by molar-refractivity contribution is 0.102. The molecule has 1 atom stereocenters. The van der Waals surface area contributed by atoms with Gasteiger partial charge in [-0.2, -0.15) is 0 Å². The van der Waals surface area contributed by atoms with Crippen LogP contribution in [0.15, 0.2) is 52.9 Å². The Bertz CT molecular complexity index is 1130. The molecule has 1 aromatic heterocycles. The van der Waals surface area contributed by atoms with Crippen molar-refractivity contribution >= 4 is 32.4 Å². The minimum Gasteiger partial charge on any atom is -0.497 e. The predicted molar refractivity (Wildman–Crippen MR) is 115 cm³/mol. The fourth-order valence-electron chi connectivity index (χ4n) is 2.82. The maximum absolute atomic E-state index is 12.8. The highest BCUT2D eigenvalue weighted by Gasteiger charge is 2.25. The van der Waals surface area contributed by atoms with Gasteiger partial charge in [0.1, 0.15) is 5.75 Å². The summed E-state index contributed by atoms with van der Waals surface area (Å²) in [5.41, 5.74) is 2.10. The molecule has 158 valence electrons. The van der Waals surface area contributed by atoms with Crippen LogP contribution in [-0.2, 0) is 10.0 Å². The zero-order chi connectivity index (χ0) is 21.7. The van der Waals surface area contributed by atoms with Gasteiger partial charge in [0.2, 0.25) is 9.47 Å². The first kappa shape index (κ1) is 21.9. The second-order valence-electron chi connectivity index (χ2n) is 6.50. The van der Waals surface area contributed by atoms with Crippen molar-refractivity contribution in [1.29, 1.82) is 0 Å². The molecule has 10 heteroatoms. The summed E-state index contributed by atoms with van der Waals surface area (Å²) in [4.78, 5) is 12.4. The average Bonchev–Trinajstić information content (AvgIpc) is 3.22. The molecule has 0 spiro atoms. The number of hydrogen-bond acceptors (Lipinski definition) is 7. The van der Waals surface area contributed by atoms with Crippen LogP contribution in [-0.4, -0.2) is 31.6 Å². The van der Waals surface area contributed by atoms with E-state index in [0.717, 1.165) is 22.5 Å². The lowest BCUT2D eigenvalue weighted by atomic mass is 10.1. The van der Waals surface area contributed by atoms with Crippen molar-refractivity contribution in [2.24, 2.45) is 0 Å². The minimum absolute atomic E-state index is 0.112. The Labute approximate surface area is 179 Å². The highest BCUT2D eigenvalue weighted by Crippen LogP contribution is 2.25. The number of ether oxygens (including phenoxy) is 1. The first-order chi connectivity index (χ1) is 14.3. The van der Waals surface area contributed by atoms with Crippen LogP contribution >= 0.6 is 11.3 Å². The molecule has 30 heavy (non-hydrogen) atoms. The number of nitrogens with one attached hydrogen (secondary N) is 2. The van der Waals surface area contributed by atoms with E-state index in [9.17, 15) is 13.2 Å². The Kier molecular flexibility index (Phi) is 6.80. The standard InChI is InChI=1S/C20H22N4O4S2/c1-4-17(14-9-11-15(28-3)12-10-14)24-30(26,27)20-23-22-19(29-20)21-18(25)16-8-6-5-7-13(16)2/h5-12,17,24H,4H2,1-3H3,(H,21,22,25). The van der Waals surface area contributed by atoms with Gasteiger partial charge in [-0.3, -0.25) is 10.1 Å². The van der Waals surface area contributed by atoms with Crippen molar-refractivity contribution in [2.75, 3.05) is 12.4 Å². The Morgan fingerprint density at radius 3 is 2.47 bits per heavy atom. The summed E-state index contributed by atoms with van der Waals surface area (Å²) in [6, 6.07) is 13.8. The van der Waals surface area contributed by atoms with E-state index >= 15 is 0 Å². The van der Waals surface area contributed by atoms with Crippen LogP contribution in [0.3, 0.4) is 0 Å². The molecule has 0 saturated heterocycles. The number of nitrogens with zero attached hydrogens (tertiary/aromatic N) is 2. The molecule has 0 aliphatic carbocycles. The summed E-state index contributed by atoms with van der Waals surface area (Å²) in [6.45, 7) is 3.70. The van der Waals surface area contributed by atoms with Crippen LogP contribution < -0.4 is 14.8 Å². The number of carbonyl (C=O) groups excluding carboxylic acids is 1. The van der Waals surface area contributed by atoms with Crippen molar-refractivity contribution in [3.05, 3.63) is 65.2 Å². The SMILES string of the molecule is CCC(NS(=O)(=O)c1nnc(NC(=O)c2ccccc2C)s1)c1ccc(OC)cc1. The van der Waals surface area contributed by atoms with E-state index in [1.807, 2.05) is 38.1 Å². The molecule has 2 aromatic carbocycles. The molecule has 1 amide bonds. The normalized spacial score (nSPS) is 12.4. The Morgan fingerprint density at radius 1 is 1.13 bits per heavy atom. The molecule has 2 N–H and O–H groups in total. The van der Waals surface area contributed by atoms with Crippen molar-refractivity contribution in [1.82, 2.24) is 14.9 Å². The molecule has 0 bridgehead atoms. The summed E-state index contributed by atoms with van der Waals surface area (Å²) >= 11 is 0.798. The fraction of sp³-hybridized carbons (Fsp3) is 0.250. The molecule has 1 heterocycles. The molecular weight excluding hydrogens is 424 g/mol. The van der Waals surface area contributed by atoms with Crippen LogP contribution in [0, 0.1) is 6.92 Å². The number of benzene rings is 2. The summed E-state index contributed by atoms with van der Waals surface area (Å²) in [5, 5.41) is 10.3. The second kappa shape index (κ2) is 9.33. The number of rotatable bonds is 8. The third-order valence-electron chi connectivity index (χ3n) is 4.47. The van der Waals surface area contributed by atoms with E-state index in [2.05, 4.69) is 20.2 Å². The van der Waals surface area contributed by atoms with Crippen LogP contribution in [0.2, 0.25) is 0 Å². The van der Waals surface area contributed by atoms with Crippen molar-refractivity contribution < 1.29 is 17.9 Å². The number of hydrogen-bond donors (Lipinski definition) is 2. The number of aryl methyl sites for hydroxylation is 1. The largest absolute Gasteiger partial charge is 0.497 e. The molecule has 3 aromatic rings.